The molecule has 0 radical (unpaired) electrons. The highest BCUT2D eigenvalue weighted by Crippen LogP contribution is 1.95. The number of hydrogen-bond acceptors (Lipinski definition) is 3. The molecular weight excluding hydrogens is 114 g/mol. The molecule has 0 aromatic heterocycles. The van der Waals surface area contributed by atoms with Crippen LogP contribution >= 0.6 is 0 Å². The Bertz CT molecular complexity index is 74.4. The van der Waals surface area contributed by atoms with Crippen molar-refractivity contribution in [3.05, 3.63) is 0 Å². The van der Waals surface area contributed by atoms with Crippen molar-refractivity contribution in [1.29, 1.82) is 0 Å². The molecule has 0 aromatic carbocycles. The maximum absolute atomic E-state index is 3.37. The van der Waals surface area contributed by atoms with Crippen LogP contribution < -0.4 is 16.2 Å². The van der Waals surface area contributed by atoms with E-state index in [2.05, 4.69) is 30.0 Å². The Morgan fingerprint density at radius 3 is 1.67 bits per heavy atom. The summed E-state index contributed by atoms with van der Waals surface area (Å²) in [6.07, 6.45) is 3.19. The van der Waals surface area contributed by atoms with Crippen molar-refractivity contribution in [3.63, 3.8) is 0 Å². The van der Waals surface area contributed by atoms with Gasteiger partial charge in [-0.05, 0) is 12.8 Å². The van der Waals surface area contributed by atoms with Gasteiger partial charge < -0.3 is 0 Å². The Morgan fingerprint density at radius 1 is 1.00 bits per heavy atom. The minimum absolute atomic E-state index is 0.468. The number of nitrogens with one attached hydrogen (secondary N) is 3. The van der Waals surface area contributed by atoms with E-state index in [4.69, 9.17) is 0 Å². The van der Waals surface area contributed by atoms with E-state index in [9.17, 15) is 0 Å². The number of rotatable bonds is 2. The fraction of sp³-hybridized carbons (Fsp3) is 1.00. The molecule has 3 N–H and O–H groups in total. The zero-order valence-corrected chi connectivity index (χ0v) is 6.07. The Balaban J connectivity index is 2.20. The highest BCUT2D eigenvalue weighted by atomic mass is 15.5. The lowest BCUT2D eigenvalue weighted by Gasteiger charge is -2.06. The Hall–Kier alpha value is -0.120. The summed E-state index contributed by atoms with van der Waals surface area (Å²) in [4.78, 5) is 0. The highest BCUT2D eigenvalue weighted by Gasteiger charge is 2.17. The van der Waals surface area contributed by atoms with E-state index >= 15 is 0 Å². The van der Waals surface area contributed by atoms with Crippen LogP contribution in [0, 0.1) is 0 Å². The molecule has 0 aliphatic carbocycles. The van der Waals surface area contributed by atoms with E-state index in [-0.39, 0.29) is 0 Å². The van der Waals surface area contributed by atoms with Crippen molar-refractivity contribution < 1.29 is 0 Å². The molecule has 2 atom stereocenters. The van der Waals surface area contributed by atoms with Gasteiger partial charge in [0.05, 0.1) is 12.3 Å². The predicted octanol–water partition coefficient (Wildman–Crippen LogP) is 0.156. The molecule has 9 heavy (non-hydrogen) atoms. The maximum atomic E-state index is 3.37. The third-order valence-corrected chi connectivity index (χ3v) is 1.65. The van der Waals surface area contributed by atoms with E-state index in [1.54, 1.807) is 0 Å². The minimum Gasteiger partial charge on any atom is -0.285 e. The molecule has 0 unspecified atom stereocenters. The maximum Gasteiger partial charge on any atom is 0.0714 e. The van der Waals surface area contributed by atoms with E-state index in [1.165, 1.54) is 0 Å². The van der Waals surface area contributed by atoms with Crippen molar-refractivity contribution in [2.75, 3.05) is 0 Å². The predicted molar refractivity (Wildman–Crippen MR) is 37.6 cm³/mol. The molecule has 3 heteroatoms. The van der Waals surface area contributed by atoms with Crippen LogP contribution in [0.1, 0.15) is 26.7 Å². The third-order valence-electron chi connectivity index (χ3n) is 1.65. The molecule has 1 rings (SSSR count). The molecule has 1 saturated heterocycles. The van der Waals surface area contributed by atoms with Crippen molar-refractivity contribution in [3.8, 4) is 0 Å². The van der Waals surface area contributed by atoms with Crippen LogP contribution in [0.2, 0.25) is 0 Å². The molecule has 1 fully saturated rings. The Kier molecular flexibility index (Phi) is 2.45. The van der Waals surface area contributed by atoms with Crippen molar-refractivity contribution >= 4 is 0 Å². The highest BCUT2D eigenvalue weighted by molar-refractivity contribution is 4.73. The average molecular weight is 129 g/mol. The van der Waals surface area contributed by atoms with Gasteiger partial charge in [0.15, 0.2) is 0 Å². The van der Waals surface area contributed by atoms with Gasteiger partial charge in [0, 0.05) is 0 Å². The first-order valence-electron chi connectivity index (χ1n) is 3.64. The minimum atomic E-state index is 0.468. The van der Waals surface area contributed by atoms with Crippen LogP contribution in [0.15, 0.2) is 0 Å². The average Bonchev–Trinajstić information content (AvgIpc) is 2.34. The fourth-order valence-corrected chi connectivity index (χ4v) is 0.967. The van der Waals surface area contributed by atoms with Crippen LogP contribution in [0.3, 0.4) is 0 Å². The van der Waals surface area contributed by atoms with Gasteiger partial charge in [-0.3, -0.25) is 5.32 Å². The zero-order valence-electron chi connectivity index (χ0n) is 6.07. The quantitative estimate of drug-likeness (QED) is 0.497. The smallest absolute Gasteiger partial charge is 0.0714 e. The van der Waals surface area contributed by atoms with E-state index in [0.29, 0.717) is 12.3 Å². The first-order chi connectivity index (χ1) is 4.36. The largest absolute Gasteiger partial charge is 0.285 e. The third kappa shape index (κ3) is 1.64. The summed E-state index contributed by atoms with van der Waals surface area (Å²) in [5.41, 5.74) is 6.29. The molecule has 0 saturated carbocycles. The van der Waals surface area contributed by atoms with Gasteiger partial charge in [-0.2, -0.15) is 0 Å². The van der Waals surface area contributed by atoms with Crippen LogP contribution in [-0.2, 0) is 0 Å². The number of hydrazine groups is 1. The SMILES string of the molecule is CC[C@H]1NN[C@H](CC)N1. The Morgan fingerprint density at radius 2 is 1.44 bits per heavy atom. The second kappa shape index (κ2) is 3.15. The molecule has 1 heterocycles. The molecule has 3 nitrogen and oxygen atoms in total. The summed E-state index contributed by atoms with van der Waals surface area (Å²) in [5.74, 6) is 0. The summed E-state index contributed by atoms with van der Waals surface area (Å²) >= 11 is 0. The van der Waals surface area contributed by atoms with E-state index < -0.39 is 0 Å². The topological polar surface area (TPSA) is 36.1 Å². The molecule has 0 amide bonds. The zero-order chi connectivity index (χ0) is 6.69. The Labute approximate surface area is 56.2 Å². The van der Waals surface area contributed by atoms with Crippen molar-refractivity contribution in [2.45, 2.75) is 39.0 Å². The molecule has 1 aliphatic rings. The molecule has 1 aliphatic heterocycles. The molecular formula is C6H15N3. The van der Waals surface area contributed by atoms with Crippen LogP contribution in [-0.4, -0.2) is 12.3 Å². The van der Waals surface area contributed by atoms with Gasteiger partial charge in [0.25, 0.3) is 0 Å². The normalized spacial score (nSPS) is 35.3. The monoisotopic (exact) mass is 129 g/mol. The van der Waals surface area contributed by atoms with Gasteiger partial charge in [-0.1, -0.05) is 13.8 Å². The van der Waals surface area contributed by atoms with Crippen LogP contribution in [0.4, 0.5) is 0 Å². The first-order valence-corrected chi connectivity index (χ1v) is 3.64. The summed E-state index contributed by atoms with van der Waals surface area (Å²) < 4.78 is 0. The summed E-state index contributed by atoms with van der Waals surface area (Å²) in [6, 6.07) is 0. The lowest BCUT2D eigenvalue weighted by atomic mass is 10.3. The summed E-state index contributed by atoms with van der Waals surface area (Å²) in [5, 5.41) is 3.37. The molecule has 54 valence electrons. The summed E-state index contributed by atoms with van der Waals surface area (Å²) in [7, 11) is 0. The van der Waals surface area contributed by atoms with Gasteiger partial charge in [0.1, 0.15) is 0 Å². The van der Waals surface area contributed by atoms with Crippen LogP contribution in [0.25, 0.3) is 0 Å². The first kappa shape index (κ1) is 6.99. The standard InChI is InChI=1S/C6H15N3/c1-3-5-7-6(4-2)9-8-5/h5-9H,3-4H2,1-2H3/t5-,6-/m1/s1. The van der Waals surface area contributed by atoms with E-state index in [1.807, 2.05) is 0 Å². The van der Waals surface area contributed by atoms with Gasteiger partial charge in [-0.25, -0.2) is 10.9 Å². The van der Waals surface area contributed by atoms with Crippen LogP contribution in [0.5, 0.6) is 0 Å². The van der Waals surface area contributed by atoms with E-state index in [0.717, 1.165) is 12.8 Å². The van der Waals surface area contributed by atoms with Crippen molar-refractivity contribution in [2.24, 2.45) is 0 Å². The lowest BCUT2D eigenvalue weighted by Crippen LogP contribution is -2.32. The number of hydrogen-bond donors (Lipinski definition) is 3. The molecule has 0 aromatic rings. The summed E-state index contributed by atoms with van der Waals surface area (Å²) in [6.45, 7) is 4.31. The molecule has 0 spiro atoms. The lowest BCUT2D eigenvalue weighted by molar-refractivity contribution is 0.500. The second-order valence-corrected chi connectivity index (χ2v) is 2.38. The van der Waals surface area contributed by atoms with Gasteiger partial charge in [0.2, 0.25) is 0 Å². The molecule has 0 bridgehead atoms. The van der Waals surface area contributed by atoms with Gasteiger partial charge in [-0.15, -0.1) is 0 Å². The second-order valence-electron chi connectivity index (χ2n) is 2.38. The fourth-order valence-electron chi connectivity index (χ4n) is 0.967. The van der Waals surface area contributed by atoms with Crippen molar-refractivity contribution in [1.82, 2.24) is 16.2 Å². The van der Waals surface area contributed by atoms with Gasteiger partial charge >= 0.3 is 0 Å².